The van der Waals surface area contributed by atoms with Crippen LogP contribution >= 0.6 is 0 Å². The molecule has 0 radical (unpaired) electrons. The van der Waals surface area contributed by atoms with E-state index < -0.39 is 0 Å². The maximum atomic E-state index is 5.74. The van der Waals surface area contributed by atoms with Gasteiger partial charge in [-0.2, -0.15) is 0 Å². The molecule has 0 saturated carbocycles. The summed E-state index contributed by atoms with van der Waals surface area (Å²) >= 11 is 0. The topological polar surface area (TPSA) is 61.0 Å². The number of ether oxygens (including phenoxy) is 1. The third-order valence-electron chi connectivity index (χ3n) is 2.22. The molecule has 14 heavy (non-hydrogen) atoms. The van der Waals surface area contributed by atoms with E-state index in [1.54, 1.807) is 7.11 Å². The summed E-state index contributed by atoms with van der Waals surface area (Å²) in [6.07, 6.45) is 1.75. The second-order valence-corrected chi connectivity index (χ2v) is 3.33. The summed E-state index contributed by atoms with van der Waals surface area (Å²) in [7, 11) is 1.69. The molecule has 1 aromatic heterocycles. The fourth-order valence-corrected chi connectivity index (χ4v) is 1.20. The number of nitrogen functional groups attached to an aromatic ring is 1. The molecule has 0 aliphatic heterocycles. The van der Waals surface area contributed by atoms with E-state index in [4.69, 9.17) is 10.5 Å². The fourth-order valence-electron chi connectivity index (χ4n) is 1.20. The van der Waals surface area contributed by atoms with Crippen molar-refractivity contribution >= 4 is 5.82 Å². The van der Waals surface area contributed by atoms with Crippen LogP contribution in [0, 0.1) is 13.8 Å². The molecule has 0 spiro atoms. The van der Waals surface area contributed by atoms with Crippen molar-refractivity contribution in [2.24, 2.45) is 0 Å². The second kappa shape index (κ2) is 4.91. The Morgan fingerprint density at radius 3 is 2.57 bits per heavy atom. The highest BCUT2D eigenvalue weighted by Gasteiger charge is 2.04. The van der Waals surface area contributed by atoms with E-state index in [9.17, 15) is 0 Å². The number of hydrogen-bond acceptors (Lipinski definition) is 4. The zero-order valence-corrected chi connectivity index (χ0v) is 9.00. The van der Waals surface area contributed by atoms with Gasteiger partial charge in [0.1, 0.15) is 11.6 Å². The lowest BCUT2D eigenvalue weighted by Gasteiger charge is -2.06. The normalized spacial score (nSPS) is 10.5. The molecule has 4 heteroatoms. The summed E-state index contributed by atoms with van der Waals surface area (Å²) in [5, 5.41) is 0. The molecule has 78 valence electrons. The summed E-state index contributed by atoms with van der Waals surface area (Å²) in [5.41, 5.74) is 7.68. The molecule has 4 nitrogen and oxygen atoms in total. The maximum Gasteiger partial charge on any atom is 0.131 e. The first-order valence-corrected chi connectivity index (χ1v) is 4.73. The zero-order valence-electron chi connectivity index (χ0n) is 9.00. The van der Waals surface area contributed by atoms with Crippen LogP contribution in [0.1, 0.15) is 23.5 Å². The standard InChI is InChI=1S/C10H17N3O/c1-7-8(2)12-9(13-10(7)11)5-4-6-14-3/h4-6H2,1-3H3,(H2,11,12,13). The molecule has 0 amide bonds. The molecule has 0 atom stereocenters. The van der Waals surface area contributed by atoms with Gasteiger partial charge >= 0.3 is 0 Å². The number of anilines is 1. The van der Waals surface area contributed by atoms with Gasteiger partial charge in [-0.25, -0.2) is 9.97 Å². The number of aromatic nitrogens is 2. The number of rotatable bonds is 4. The molecule has 0 aliphatic carbocycles. The minimum Gasteiger partial charge on any atom is -0.385 e. The lowest BCUT2D eigenvalue weighted by Crippen LogP contribution is -2.05. The predicted octanol–water partition coefficient (Wildman–Crippen LogP) is 1.25. The Balaban J connectivity index is 2.69. The molecule has 0 aliphatic rings. The van der Waals surface area contributed by atoms with Crippen LogP contribution < -0.4 is 5.73 Å². The molecular weight excluding hydrogens is 178 g/mol. The monoisotopic (exact) mass is 195 g/mol. The lowest BCUT2D eigenvalue weighted by molar-refractivity contribution is 0.194. The van der Waals surface area contributed by atoms with Gasteiger partial charge in [-0.15, -0.1) is 0 Å². The SMILES string of the molecule is COCCCc1nc(C)c(C)c(N)n1. The van der Waals surface area contributed by atoms with Crippen LogP contribution in [0.5, 0.6) is 0 Å². The van der Waals surface area contributed by atoms with E-state index in [0.717, 1.165) is 36.5 Å². The van der Waals surface area contributed by atoms with E-state index in [-0.39, 0.29) is 0 Å². The van der Waals surface area contributed by atoms with E-state index in [1.165, 1.54) is 0 Å². The van der Waals surface area contributed by atoms with Crippen LogP contribution in [0.3, 0.4) is 0 Å². The number of aryl methyl sites for hydroxylation is 2. The van der Waals surface area contributed by atoms with Crippen molar-refractivity contribution in [3.05, 3.63) is 17.1 Å². The predicted molar refractivity (Wildman–Crippen MR) is 56.1 cm³/mol. The Hall–Kier alpha value is -1.16. The molecule has 0 bridgehead atoms. The van der Waals surface area contributed by atoms with Crippen molar-refractivity contribution in [3.63, 3.8) is 0 Å². The largest absolute Gasteiger partial charge is 0.385 e. The van der Waals surface area contributed by atoms with Gasteiger partial charge in [-0.3, -0.25) is 0 Å². The van der Waals surface area contributed by atoms with Gasteiger partial charge in [0.25, 0.3) is 0 Å². The molecule has 0 unspecified atom stereocenters. The first-order chi connectivity index (χ1) is 6.65. The Bertz CT molecular complexity index is 289. The number of nitrogens with two attached hydrogens (primary N) is 1. The van der Waals surface area contributed by atoms with Gasteiger partial charge in [-0.05, 0) is 20.3 Å². The third kappa shape index (κ3) is 2.67. The Morgan fingerprint density at radius 2 is 2.00 bits per heavy atom. The van der Waals surface area contributed by atoms with Crippen molar-refractivity contribution in [3.8, 4) is 0 Å². The van der Waals surface area contributed by atoms with Crippen molar-refractivity contribution in [1.29, 1.82) is 0 Å². The van der Waals surface area contributed by atoms with Crippen molar-refractivity contribution in [1.82, 2.24) is 9.97 Å². The Labute approximate surface area is 84.5 Å². The lowest BCUT2D eigenvalue weighted by atomic mass is 10.2. The summed E-state index contributed by atoms with van der Waals surface area (Å²) in [6, 6.07) is 0. The van der Waals surface area contributed by atoms with Crippen LogP contribution in [-0.2, 0) is 11.2 Å². The van der Waals surface area contributed by atoms with Gasteiger partial charge < -0.3 is 10.5 Å². The maximum absolute atomic E-state index is 5.74. The highest BCUT2D eigenvalue weighted by molar-refractivity contribution is 5.40. The van der Waals surface area contributed by atoms with E-state index >= 15 is 0 Å². The first-order valence-electron chi connectivity index (χ1n) is 4.73. The van der Waals surface area contributed by atoms with E-state index in [2.05, 4.69) is 9.97 Å². The van der Waals surface area contributed by atoms with Crippen LogP contribution in [0.25, 0.3) is 0 Å². The first kappa shape index (κ1) is 10.9. The summed E-state index contributed by atoms with van der Waals surface area (Å²) in [5.74, 6) is 1.40. The average molecular weight is 195 g/mol. The highest BCUT2D eigenvalue weighted by atomic mass is 16.5. The summed E-state index contributed by atoms with van der Waals surface area (Å²) < 4.78 is 4.96. The molecule has 1 heterocycles. The fraction of sp³-hybridized carbons (Fsp3) is 0.600. The minimum absolute atomic E-state index is 0.588. The molecule has 0 aromatic carbocycles. The minimum atomic E-state index is 0.588. The van der Waals surface area contributed by atoms with Crippen LogP contribution in [0.15, 0.2) is 0 Å². The molecular formula is C10H17N3O. The second-order valence-electron chi connectivity index (χ2n) is 3.33. The van der Waals surface area contributed by atoms with Gasteiger partial charge in [0.2, 0.25) is 0 Å². The number of hydrogen-bond donors (Lipinski definition) is 1. The Morgan fingerprint density at radius 1 is 1.29 bits per heavy atom. The summed E-state index contributed by atoms with van der Waals surface area (Å²) in [6.45, 7) is 4.62. The smallest absolute Gasteiger partial charge is 0.131 e. The number of nitrogens with zero attached hydrogens (tertiary/aromatic N) is 2. The van der Waals surface area contributed by atoms with E-state index in [1.807, 2.05) is 13.8 Å². The zero-order chi connectivity index (χ0) is 10.6. The highest BCUT2D eigenvalue weighted by Crippen LogP contribution is 2.11. The molecule has 1 rings (SSSR count). The van der Waals surface area contributed by atoms with Crippen molar-refractivity contribution < 1.29 is 4.74 Å². The molecule has 1 aromatic rings. The molecule has 0 fully saturated rings. The Kier molecular flexibility index (Phi) is 3.83. The number of methoxy groups -OCH3 is 1. The van der Waals surface area contributed by atoms with Gasteiger partial charge in [-0.1, -0.05) is 0 Å². The van der Waals surface area contributed by atoms with Gasteiger partial charge in [0.05, 0.1) is 0 Å². The van der Waals surface area contributed by atoms with Crippen LogP contribution in [0.4, 0.5) is 5.82 Å². The molecule has 0 saturated heterocycles. The van der Waals surface area contributed by atoms with Crippen LogP contribution in [0.2, 0.25) is 0 Å². The van der Waals surface area contributed by atoms with Crippen LogP contribution in [-0.4, -0.2) is 23.7 Å². The summed E-state index contributed by atoms with van der Waals surface area (Å²) in [4.78, 5) is 8.58. The van der Waals surface area contributed by atoms with E-state index in [0.29, 0.717) is 5.82 Å². The molecule has 2 N–H and O–H groups in total. The third-order valence-corrected chi connectivity index (χ3v) is 2.22. The van der Waals surface area contributed by atoms with Crippen molar-refractivity contribution in [2.75, 3.05) is 19.5 Å². The van der Waals surface area contributed by atoms with Crippen molar-refractivity contribution in [2.45, 2.75) is 26.7 Å². The average Bonchev–Trinajstić information content (AvgIpc) is 2.14. The van der Waals surface area contributed by atoms with Gasteiger partial charge in [0, 0.05) is 31.4 Å². The quantitative estimate of drug-likeness (QED) is 0.735. The van der Waals surface area contributed by atoms with Gasteiger partial charge in [0.15, 0.2) is 0 Å².